The van der Waals surface area contributed by atoms with Crippen LogP contribution in [0.1, 0.15) is 18.1 Å². The monoisotopic (exact) mass is 304 g/mol. The van der Waals surface area contributed by atoms with Gasteiger partial charge >= 0.3 is 0 Å². The van der Waals surface area contributed by atoms with Crippen LogP contribution in [-0.4, -0.2) is 18.1 Å². The minimum atomic E-state index is 0.184. The topological polar surface area (TPSA) is 34.1 Å². The van der Waals surface area contributed by atoms with Crippen molar-refractivity contribution in [2.75, 3.05) is 18.5 Å². The second-order valence-corrected chi connectivity index (χ2v) is 6.02. The molecule has 1 fully saturated rings. The fourth-order valence-corrected chi connectivity index (χ4v) is 3.25. The molecule has 1 aromatic heterocycles. The first-order valence-electron chi connectivity index (χ1n) is 8.16. The maximum atomic E-state index is 5.95. The highest BCUT2D eigenvalue weighted by molar-refractivity contribution is 5.80. The van der Waals surface area contributed by atoms with Crippen LogP contribution in [0.25, 0.3) is 10.9 Å². The number of nitrogens with zero attached hydrogens (tertiary/aromatic N) is 1. The second kappa shape index (κ2) is 6.39. The van der Waals surface area contributed by atoms with Gasteiger partial charge in [0, 0.05) is 24.5 Å². The van der Waals surface area contributed by atoms with E-state index in [9.17, 15) is 0 Å². The van der Waals surface area contributed by atoms with Crippen molar-refractivity contribution in [3.63, 3.8) is 0 Å². The summed E-state index contributed by atoms with van der Waals surface area (Å²) in [7, 11) is 0. The molecule has 0 saturated carbocycles. The Morgan fingerprint density at radius 1 is 0.957 bits per heavy atom. The SMILES string of the molecule is c1ccc(C2OCCC2CNc2ccc3ccccc3n2)cc1. The van der Waals surface area contributed by atoms with E-state index in [4.69, 9.17) is 4.74 Å². The van der Waals surface area contributed by atoms with Gasteiger partial charge in [-0.15, -0.1) is 0 Å². The maximum Gasteiger partial charge on any atom is 0.126 e. The highest BCUT2D eigenvalue weighted by Gasteiger charge is 2.29. The van der Waals surface area contributed by atoms with E-state index in [1.165, 1.54) is 10.9 Å². The summed E-state index contributed by atoms with van der Waals surface area (Å²) >= 11 is 0. The predicted molar refractivity (Wildman–Crippen MR) is 93.5 cm³/mol. The van der Waals surface area contributed by atoms with E-state index in [0.717, 1.165) is 30.9 Å². The van der Waals surface area contributed by atoms with E-state index in [1.807, 2.05) is 24.3 Å². The molecule has 2 aromatic carbocycles. The molecule has 23 heavy (non-hydrogen) atoms. The maximum absolute atomic E-state index is 5.95. The molecule has 0 radical (unpaired) electrons. The Morgan fingerprint density at radius 2 is 1.78 bits per heavy atom. The van der Waals surface area contributed by atoms with Crippen molar-refractivity contribution in [1.82, 2.24) is 4.98 Å². The number of fused-ring (bicyclic) bond motifs is 1. The largest absolute Gasteiger partial charge is 0.373 e. The van der Waals surface area contributed by atoms with Gasteiger partial charge in [-0.25, -0.2) is 4.98 Å². The number of ether oxygens (including phenoxy) is 1. The predicted octanol–water partition coefficient (Wildman–Crippen LogP) is 4.42. The van der Waals surface area contributed by atoms with Gasteiger partial charge in [-0.2, -0.15) is 0 Å². The van der Waals surface area contributed by atoms with E-state index < -0.39 is 0 Å². The van der Waals surface area contributed by atoms with Crippen molar-refractivity contribution in [3.05, 3.63) is 72.3 Å². The highest BCUT2D eigenvalue weighted by atomic mass is 16.5. The highest BCUT2D eigenvalue weighted by Crippen LogP contribution is 2.34. The molecule has 2 unspecified atom stereocenters. The Labute approximate surface area is 136 Å². The molecule has 1 saturated heterocycles. The van der Waals surface area contributed by atoms with Gasteiger partial charge in [0.2, 0.25) is 0 Å². The molecule has 3 aromatic rings. The zero-order chi connectivity index (χ0) is 15.5. The van der Waals surface area contributed by atoms with Crippen molar-refractivity contribution < 1.29 is 4.74 Å². The second-order valence-electron chi connectivity index (χ2n) is 6.02. The van der Waals surface area contributed by atoms with E-state index in [2.05, 4.69) is 52.8 Å². The molecule has 1 aliphatic rings. The van der Waals surface area contributed by atoms with Gasteiger partial charge in [0.05, 0.1) is 11.6 Å². The minimum absolute atomic E-state index is 0.184. The molecule has 4 rings (SSSR count). The van der Waals surface area contributed by atoms with Gasteiger partial charge in [0.15, 0.2) is 0 Å². The summed E-state index contributed by atoms with van der Waals surface area (Å²) < 4.78 is 5.95. The van der Waals surface area contributed by atoms with Gasteiger partial charge in [-0.1, -0.05) is 48.5 Å². The van der Waals surface area contributed by atoms with Crippen molar-refractivity contribution in [2.24, 2.45) is 5.92 Å². The zero-order valence-corrected chi connectivity index (χ0v) is 13.0. The summed E-state index contributed by atoms with van der Waals surface area (Å²) in [6.45, 7) is 1.71. The van der Waals surface area contributed by atoms with Crippen LogP contribution in [0.2, 0.25) is 0 Å². The molecule has 3 heteroatoms. The summed E-state index contributed by atoms with van der Waals surface area (Å²) in [5, 5.41) is 4.66. The van der Waals surface area contributed by atoms with Crippen molar-refractivity contribution >= 4 is 16.7 Å². The summed E-state index contributed by atoms with van der Waals surface area (Å²) in [4.78, 5) is 4.68. The Bertz CT molecular complexity index is 788. The number of hydrogen-bond acceptors (Lipinski definition) is 3. The molecule has 2 atom stereocenters. The quantitative estimate of drug-likeness (QED) is 0.774. The molecule has 0 spiro atoms. The molecular weight excluding hydrogens is 284 g/mol. The summed E-state index contributed by atoms with van der Waals surface area (Å²) in [6.07, 6.45) is 1.27. The first-order chi connectivity index (χ1) is 11.4. The van der Waals surface area contributed by atoms with E-state index in [1.54, 1.807) is 0 Å². The Hall–Kier alpha value is -2.39. The van der Waals surface area contributed by atoms with Crippen molar-refractivity contribution in [2.45, 2.75) is 12.5 Å². The number of para-hydroxylation sites is 1. The van der Waals surface area contributed by atoms with Crippen LogP contribution in [0, 0.1) is 5.92 Å². The van der Waals surface area contributed by atoms with E-state index in [0.29, 0.717) is 5.92 Å². The third kappa shape index (κ3) is 3.06. The van der Waals surface area contributed by atoms with Gasteiger partial charge in [0.1, 0.15) is 5.82 Å². The van der Waals surface area contributed by atoms with Crippen LogP contribution < -0.4 is 5.32 Å². The molecule has 3 nitrogen and oxygen atoms in total. The van der Waals surface area contributed by atoms with Crippen LogP contribution in [0.4, 0.5) is 5.82 Å². The molecule has 1 aliphatic heterocycles. The number of anilines is 1. The summed E-state index contributed by atoms with van der Waals surface area (Å²) in [6, 6.07) is 22.9. The smallest absolute Gasteiger partial charge is 0.126 e. The number of pyridine rings is 1. The molecule has 0 amide bonds. The van der Waals surface area contributed by atoms with Gasteiger partial charge in [0.25, 0.3) is 0 Å². The summed E-state index contributed by atoms with van der Waals surface area (Å²) in [5.74, 6) is 1.41. The minimum Gasteiger partial charge on any atom is -0.373 e. The van der Waals surface area contributed by atoms with Gasteiger partial charge in [-0.05, 0) is 30.2 Å². The van der Waals surface area contributed by atoms with Gasteiger partial charge in [-0.3, -0.25) is 0 Å². The fraction of sp³-hybridized carbons (Fsp3) is 0.250. The third-order valence-electron chi connectivity index (χ3n) is 4.49. The Kier molecular flexibility index (Phi) is 3.95. The first kappa shape index (κ1) is 14.2. The lowest BCUT2D eigenvalue weighted by atomic mass is 9.95. The van der Waals surface area contributed by atoms with Crippen molar-refractivity contribution in [3.8, 4) is 0 Å². The molecule has 2 heterocycles. The van der Waals surface area contributed by atoms with Crippen LogP contribution in [0.3, 0.4) is 0 Å². The Morgan fingerprint density at radius 3 is 2.70 bits per heavy atom. The third-order valence-corrected chi connectivity index (χ3v) is 4.49. The normalized spacial score (nSPS) is 20.7. The number of nitrogens with one attached hydrogen (secondary N) is 1. The standard InChI is InChI=1S/C20H20N2O/c1-2-7-16(8-3-1)20-17(12-13-23-20)14-21-19-11-10-15-6-4-5-9-18(15)22-19/h1-11,17,20H,12-14H2,(H,21,22). The van der Waals surface area contributed by atoms with Crippen LogP contribution >= 0.6 is 0 Å². The number of aromatic nitrogens is 1. The lowest BCUT2D eigenvalue weighted by Crippen LogP contribution is -2.18. The average Bonchev–Trinajstić information content (AvgIpc) is 3.09. The zero-order valence-electron chi connectivity index (χ0n) is 13.0. The molecule has 1 N–H and O–H groups in total. The van der Waals surface area contributed by atoms with Crippen molar-refractivity contribution in [1.29, 1.82) is 0 Å². The fourth-order valence-electron chi connectivity index (χ4n) is 3.25. The Balaban J connectivity index is 1.47. The number of benzene rings is 2. The van der Waals surface area contributed by atoms with E-state index in [-0.39, 0.29) is 6.10 Å². The molecule has 0 aliphatic carbocycles. The van der Waals surface area contributed by atoms with Gasteiger partial charge < -0.3 is 10.1 Å². The lowest BCUT2D eigenvalue weighted by Gasteiger charge is -2.19. The average molecular weight is 304 g/mol. The number of rotatable bonds is 4. The van der Waals surface area contributed by atoms with Crippen LogP contribution in [-0.2, 0) is 4.74 Å². The summed E-state index contributed by atoms with van der Waals surface area (Å²) in [5.41, 5.74) is 2.29. The van der Waals surface area contributed by atoms with Crippen LogP contribution in [0.5, 0.6) is 0 Å². The number of hydrogen-bond donors (Lipinski definition) is 1. The lowest BCUT2D eigenvalue weighted by molar-refractivity contribution is 0.0933. The molecule has 0 bridgehead atoms. The molecule has 116 valence electrons. The van der Waals surface area contributed by atoms with E-state index >= 15 is 0 Å². The first-order valence-corrected chi connectivity index (χ1v) is 8.16. The molecular formula is C20H20N2O. The van der Waals surface area contributed by atoms with Crippen LogP contribution in [0.15, 0.2) is 66.7 Å².